The third-order valence-corrected chi connectivity index (χ3v) is 8.70. The van der Waals surface area contributed by atoms with Crippen LogP contribution in [0.3, 0.4) is 0 Å². The summed E-state index contributed by atoms with van der Waals surface area (Å²) in [6.07, 6.45) is 2.17. The molecule has 0 fully saturated rings. The molecule has 218 valence electrons. The molecule has 0 spiro atoms. The van der Waals surface area contributed by atoms with E-state index in [2.05, 4.69) is 32.2 Å². The van der Waals surface area contributed by atoms with Crippen LogP contribution in [-0.4, -0.2) is 21.1 Å². The van der Waals surface area contributed by atoms with Crippen LogP contribution in [0.15, 0.2) is 83.8 Å². The van der Waals surface area contributed by atoms with Gasteiger partial charge in [-0.2, -0.15) is 8.42 Å². The van der Waals surface area contributed by atoms with E-state index in [0.29, 0.717) is 17.1 Å². The maximum atomic E-state index is 14.1. The van der Waals surface area contributed by atoms with Crippen LogP contribution in [0.25, 0.3) is 16.7 Å². The number of aryl methyl sites for hydroxylation is 2. The van der Waals surface area contributed by atoms with Gasteiger partial charge in [0, 0.05) is 34.5 Å². The number of methoxy groups -OCH3 is 1. The Balaban J connectivity index is 1.59. The monoisotopic (exact) mass is 587 g/mol. The minimum absolute atomic E-state index is 0.104. The largest absolute Gasteiger partial charge is 0.496 e. The Labute approximate surface area is 246 Å². The van der Waals surface area contributed by atoms with Gasteiger partial charge < -0.3 is 19.0 Å². The number of ether oxygens (including phenoxy) is 2. The predicted octanol–water partition coefficient (Wildman–Crippen LogP) is 8.07. The van der Waals surface area contributed by atoms with E-state index in [1.807, 2.05) is 19.1 Å². The number of nitrogens with one attached hydrogen (secondary N) is 1. The number of anilines is 1. The first-order valence-electron chi connectivity index (χ1n) is 13.6. The number of allylic oxidation sites excluding steroid dienone is 1. The zero-order valence-corrected chi connectivity index (χ0v) is 25.4. The van der Waals surface area contributed by atoms with Crippen LogP contribution in [0, 0.1) is 19.7 Å². The van der Waals surface area contributed by atoms with Crippen molar-refractivity contribution in [3.8, 4) is 28.4 Å². The molecule has 1 aliphatic heterocycles. The summed E-state index contributed by atoms with van der Waals surface area (Å²) in [5.41, 5.74) is 6.65. The molecule has 5 rings (SSSR count). The van der Waals surface area contributed by atoms with Crippen molar-refractivity contribution >= 4 is 21.4 Å². The lowest BCUT2D eigenvalue weighted by molar-refractivity contribution is 0.302. The van der Waals surface area contributed by atoms with Crippen molar-refractivity contribution < 1.29 is 26.5 Å². The second kappa shape index (κ2) is 11.2. The fourth-order valence-corrected chi connectivity index (χ4v) is 6.59. The first kappa shape index (κ1) is 29.2. The standard InChI is InChI=1S/C34H34FNO5S/c1-21-11-12-24(35)17-30(21)40-20-28-26(15-16-29-33(28)23(3)19-34(4,5)36-29)27-14-13-25(18-31(27)39-6)41-42(37,38)32-10-8-7-9-22(32)2/h7-19,36H,20H2,1-6H3. The van der Waals surface area contributed by atoms with E-state index in [0.717, 1.165) is 39.1 Å². The minimum Gasteiger partial charge on any atom is -0.496 e. The van der Waals surface area contributed by atoms with Crippen molar-refractivity contribution in [1.82, 2.24) is 0 Å². The highest BCUT2D eigenvalue weighted by Gasteiger charge is 2.27. The number of hydrogen-bond donors (Lipinski definition) is 1. The van der Waals surface area contributed by atoms with Crippen LogP contribution in [0.4, 0.5) is 10.1 Å². The zero-order chi connectivity index (χ0) is 30.2. The fourth-order valence-electron chi connectivity index (χ4n) is 5.44. The van der Waals surface area contributed by atoms with Gasteiger partial charge in [-0.25, -0.2) is 4.39 Å². The fraction of sp³-hybridized carbons (Fsp3) is 0.235. The quantitative estimate of drug-likeness (QED) is 0.210. The van der Waals surface area contributed by atoms with E-state index >= 15 is 0 Å². The van der Waals surface area contributed by atoms with Gasteiger partial charge in [0.2, 0.25) is 0 Å². The van der Waals surface area contributed by atoms with E-state index in [1.165, 1.54) is 25.3 Å². The summed E-state index contributed by atoms with van der Waals surface area (Å²) in [6, 6.07) is 20.1. The maximum Gasteiger partial charge on any atom is 0.339 e. The van der Waals surface area contributed by atoms with Crippen molar-refractivity contribution in [1.29, 1.82) is 0 Å². The molecule has 0 saturated heterocycles. The number of halogens is 1. The van der Waals surface area contributed by atoms with Crippen LogP contribution in [0.1, 0.15) is 43.0 Å². The lowest BCUT2D eigenvalue weighted by Crippen LogP contribution is -2.32. The third-order valence-electron chi connectivity index (χ3n) is 7.30. The molecule has 0 aromatic heterocycles. The van der Waals surface area contributed by atoms with Gasteiger partial charge >= 0.3 is 10.1 Å². The lowest BCUT2D eigenvalue weighted by atomic mass is 9.85. The molecule has 0 bridgehead atoms. The summed E-state index contributed by atoms with van der Waals surface area (Å²) < 4.78 is 57.6. The van der Waals surface area contributed by atoms with Gasteiger partial charge in [0.25, 0.3) is 0 Å². The molecule has 1 N–H and O–H groups in total. The van der Waals surface area contributed by atoms with Crippen molar-refractivity contribution in [3.63, 3.8) is 0 Å². The summed E-state index contributed by atoms with van der Waals surface area (Å²) in [6.45, 7) is 10.0. The molecular weight excluding hydrogens is 553 g/mol. The van der Waals surface area contributed by atoms with Crippen LogP contribution >= 0.6 is 0 Å². The van der Waals surface area contributed by atoms with E-state index in [9.17, 15) is 12.8 Å². The molecule has 0 unspecified atom stereocenters. The van der Waals surface area contributed by atoms with Gasteiger partial charge in [-0.15, -0.1) is 0 Å². The highest BCUT2D eigenvalue weighted by molar-refractivity contribution is 7.87. The molecule has 6 nitrogen and oxygen atoms in total. The highest BCUT2D eigenvalue weighted by Crippen LogP contribution is 2.44. The van der Waals surface area contributed by atoms with E-state index in [1.54, 1.807) is 49.4 Å². The third kappa shape index (κ3) is 5.85. The van der Waals surface area contributed by atoms with Crippen molar-refractivity contribution in [2.24, 2.45) is 0 Å². The average Bonchev–Trinajstić information content (AvgIpc) is 2.92. The molecule has 0 atom stereocenters. The molecule has 4 aromatic carbocycles. The Kier molecular flexibility index (Phi) is 7.77. The van der Waals surface area contributed by atoms with Gasteiger partial charge in [0.1, 0.15) is 34.6 Å². The molecule has 4 aromatic rings. The number of rotatable bonds is 8. The second-order valence-corrected chi connectivity index (χ2v) is 12.6. The lowest BCUT2D eigenvalue weighted by Gasteiger charge is -2.33. The average molecular weight is 588 g/mol. The van der Waals surface area contributed by atoms with Crippen LogP contribution in [0.2, 0.25) is 0 Å². The molecule has 1 heterocycles. The van der Waals surface area contributed by atoms with Crippen molar-refractivity contribution in [2.75, 3.05) is 12.4 Å². The predicted molar refractivity (Wildman–Crippen MR) is 164 cm³/mol. The van der Waals surface area contributed by atoms with Gasteiger partial charge in [-0.1, -0.05) is 36.4 Å². The van der Waals surface area contributed by atoms with Crippen molar-refractivity contribution in [3.05, 3.63) is 107 Å². The molecule has 0 aliphatic carbocycles. The molecule has 0 amide bonds. The number of fused-ring (bicyclic) bond motifs is 1. The Morgan fingerprint density at radius 3 is 2.33 bits per heavy atom. The van der Waals surface area contributed by atoms with Crippen LogP contribution < -0.4 is 19.0 Å². The Morgan fingerprint density at radius 1 is 0.857 bits per heavy atom. The van der Waals surface area contributed by atoms with Gasteiger partial charge in [-0.3, -0.25) is 0 Å². The first-order chi connectivity index (χ1) is 19.9. The summed E-state index contributed by atoms with van der Waals surface area (Å²) >= 11 is 0. The highest BCUT2D eigenvalue weighted by atomic mass is 32.2. The van der Waals surface area contributed by atoms with Crippen LogP contribution in [-0.2, 0) is 16.7 Å². The molecule has 42 heavy (non-hydrogen) atoms. The minimum atomic E-state index is -4.05. The SMILES string of the molecule is COc1cc(OS(=O)(=O)c2ccccc2C)ccc1-c1ccc2c(c1COc1cc(F)ccc1C)C(C)=CC(C)(C)N2. The molecule has 0 saturated carbocycles. The Morgan fingerprint density at radius 2 is 1.60 bits per heavy atom. The van der Waals surface area contributed by atoms with Gasteiger partial charge in [0.15, 0.2) is 0 Å². The molecule has 8 heteroatoms. The number of benzene rings is 4. The first-order valence-corrected chi connectivity index (χ1v) is 15.0. The molecule has 1 aliphatic rings. The van der Waals surface area contributed by atoms with Crippen molar-refractivity contribution in [2.45, 2.75) is 51.7 Å². The second-order valence-electron chi connectivity index (χ2n) is 11.1. The Hall–Kier alpha value is -4.30. The Bertz CT molecular complexity index is 1810. The smallest absolute Gasteiger partial charge is 0.339 e. The van der Waals surface area contributed by atoms with Gasteiger partial charge in [-0.05, 0) is 87.2 Å². The normalized spacial score (nSPS) is 13.9. The van der Waals surface area contributed by atoms with Crippen LogP contribution in [0.5, 0.6) is 17.2 Å². The summed E-state index contributed by atoms with van der Waals surface area (Å²) in [7, 11) is -2.53. The van der Waals surface area contributed by atoms with E-state index in [4.69, 9.17) is 13.7 Å². The number of hydrogen-bond acceptors (Lipinski definition) is 6. The zero-order valence-electron chi connectivity index (χ0n) is 24.5. The van der Waals surface area contributed by atoms with Gasteiger partial charge in [0.05, 0.1) is 12.6 Å². The molecule has 0 radical (unpaired) electrons. The summed E-state index contributed by atoms with van der Waals surface area (Å²) in [5, 5.41) is 3.58. The van der Waals surface area contributed by atoms with E-state index in [-0.39, 0.29) is 28.6 Å². The molecular formula is C34H34FNO5S. The summed E-state index contributed by atoms with van der Waals surface area (Å²) in [4.78, 5) is 0.104. The van der Waals surface area contributed by atoms with E-state index < -0.39 is 10.1 Å². The topological polar surface area (TPSA) is 73.9 Å². The summed E-state index contributed by atoms with van der Waals surface area (Å²) in [5.74, 6) is 0.649. The maximum absolute atomic E-state index is 14.1.